The lowest BCUT2D eigenvalue weighted by Gasteiger charge is -2.19. The molecule has 22 heavy (non-hydrogen) atoms. The normalized spacial score (nSPS) is 9.82. The predicted octanol–water partition coefficient (Wildman–Crippen LogP) is 2.13. The number of nitrogens with one attached hydrogen (secondary N) is 1. The SMILES string of the molecule is CCN(CC)C(=O)Nc1cc(C(=O)OC)cc(C(=O)OC)c1. The predicted molar refractivity (Wildman–Crippen MR) is 81.1 cm³/mol. The molecule has 1 aromatic rings. The summed E-state index contributed by atoms with van der Waals surface area (Å²) in [5, 5.41) is 2.65. The third-order valence-electron chi connectivity index (χ3n) is 3.08. The van der Waals surface area contributed by atoms with Gasteiger partial charge in [0.2, 0.25) is 0 Å². The maximum absolute atomic E-state index is 12.1. The largest absolute Gasteiger partial charge is 0.465 e. The molecule has 0 atom stereocenters. The smallest absolute Gasteiger partial charge is 0.337 e. The Hall–Kier alpha value is -2.57. The molecule has 7 heteroatoms. The highest BCUT2D eigenvalue weighted by Crippen LogP contribution is 2.17. The molecule has 1 N–H and O–H groups in total. The van der Waals surface area contributed by atoms with Crippen LogP contribution in [0.15, 0.2) is 18.2 Å². The van der Waals surface area contributed by atoms with Gasteiger partial charge in [-0.2, -0.15) is 0 Å². The van der Waals surface area contributed by atoms with Crippen molar-refractivity contribution < 1.29 is 23.9 Å². The number of hydrogen-bond acceptors (Lipinski definition) is 5. The fourth-order valence-corrected chi connectivity index (χ4v) is 1.88. The van der Waals surface area contributed by atoms with Crippen LogP contribution in [-0.2, 0) is 9.47 Å². The van der Waals surface area contributed by atoms with Gasteiger partial charge >= 0.3 is 18.0 Å². The van der Waals surface area contributed by atoms with Crippen molar-refractivity contribution in [3.8, 4) is 0 Å². The summed E-state index contributed by atoms with van der Waals surface area (Å²) in [6.45, 7) is 4.80. The van der Waals surface area contributed by atoms with Crippen molar-refractivity contribution in [3.05, 3.63) is 29.3 Å². The first-order chi connectivity index (χ1) is 10.5. The minimum absolute atomic E-state index is 0.153. The minimum Gasteiger partial charge on any atom is -0.465 e. The van der Waals surface area contributed by atoms with Gasteiger partial charge in [0.25, 0.3) is 0 Å². The molecule has 0 aliphatic heterocycles. The first-order valence-electron chi connectivity index (χ1n) is 6.84. The van der Waals surface area contributed by atoms with E-state index in [0.717, 1.165) is 0 Å². The van der Waals surface area contributed by atoms with Crippen LogP contribution in [0, 0.1) is 0 Å². The number of amides is 2. The van der Waals surface area contributed by atoms with Crippen LogP contribution in [0.1, 0.15) is 34.6 Å². The zero-order valence-corrected chi connectivity index (χ0v) is 13.1. The lowest BCUT2D eigenvalue weighted by atomic mass is 10.1. The molecular weight excluding hydrogens is 288 g/mol. The number of anilines is 1. The number of rotatable bonds is 5. The van der Waals surface area contributed by atoms with Crippen molar-refractivity contribution in [3.63, 3.8) is 0 Å². The van der Waals surface area contributed by atoms with Crippen molar-refractivity contribution in [2.75, 3.05) is 32.6 Å². The molecular formula is C15H20N2O5. The third kappa shape index (κ3) is 4.21. The number of hydrogen-bond donors (Lipinski definition) is 1. The van der Waals surface area contributed by atoms with Crippen molar-refractivity contribution in [2.45, 2.75) is 13.8 Å². The van der Waals surface area contributed by atoms with E-state index in [1.165, 1.54) is 32.4 Å². The molecule has 0 aliphatic carbocycles. The molecule has 0 fully saturated rings. The molecule has 0 unspecified atom stereocenters. The summed E-state index contributed by atoms with van der Waals surface area (Å²) in [6, 6.07) is 3.92. The second-order valence-corrected chi connectivity index (χ2v) is 4.38. The van der Waals surface area contributed by atoms with E-state index in [1.54, 1.807) is 4.90 Å². The van der Waals surface area contributed by atoms with Crippen LogP contribution in [0.25, 0.3) is 0 Å². The van der Waals surface area contributed by atoms with E-state index >= 15 is 0 Å². The fourth-order valence-electron chi connectivity index (χ4n) is 1.88. The Morgan fingerprint density at radius 2 is 1.41 bits per heavy atom. The summed E-state index contributed by atoms with van der Waals surface area (Å²) in [6.07, 6.45) is 0. The van der Waals surface area contributed by atoms with Crippen molar-refractivity contribution in [1.29, 1.82) is 0 Å². The number of esters is 2. The van der Waals surface area contributed by atoms with Gasteiger partial charge in [0, 0.05) is 18.8 Å². The molecule has 7 nitrogen and oxygen atoms in total. The Morgan fingerprint density at radius 1 is 0.955 bits per heavy atom. The summed E-state index contributed by atoms with van der Waals surface area (Å²) in [5.41, 5.74) is 0.626. The Labute approximate surface area is 129 Å². The summed E-state index contributed by atoms with van der Waals surface area (Å²) in [4.78, 5) is 37.0. The highest BCUT2D eigenvalue weighted by molar-refractivity contribution is 5.99. The quantitative estimate of drug-likeness (QED) is 0.842. The molecule has 1 rings (SSSR count). The lowest BCUT2D eigenvalue weighted by Crippen LogP contribution is -2.34. The molecule has 0 heterocycles. The van der Waals surface area contributed by atoms with Crippen LogP contribution in [-0.4, -0.2) is 50.2 Å². The van der Waals surface area contributed by atoms with Gasteiger partial charge in [-0.05, 0) is 32.0 Å². The number of carbonyl (C=O) groups is 3. The van der Waals surface area contributed by atoms with Crippen LogP contribution in [0.5, 0.6) is 0 Å². The van der Waals surface area contributed by atoms with Crippen LogP contribution < -0.4 is 5.32 Å². The van der Waals surface area contributed by atoms with Crippen molar-refractivity contribution in [2.24, 2.45) is 0 Å². The lowest BCUT2D eigenvalue weighted by molar-refractivity contribution is 0.0599. The summed E-state index contributed by atoms with van der Waals surface area (Å²) in [5.74, 6) is -1.21. The second-order valence-electron chi connectivity index (χ2n) is 4.38. The van der Waals surface area contributed by atoms with Gasteiger partial charge in [0.15, 0.2) is 0 Å². The Bertz CT molecular complexity index is 533. The van der Waals surface area contributed by atoms with Crippen molar-refractivity contribution >= 4 is 23.7 Å². The number of carbonyl (C=O) groups excluding carboxylic acids is 3. The van der Waals surface area contributed by atoms with E-state index in [9.17, 15) is 14.4 Å². The number of methoxy groups -OCH3 is 2. The van der Waals surface area contributed by atoms with E-state index in [0.29, 0.717) is 18.8 Å². The molecule has 0 aromatic heterocycles. The van der Waals surface area contributed by atoms with Crippen LogP contribution in [0.3, 0.4) is 0 Å². The van der Waals surface area contributed by atoms with E-state index in [2.05, 4.69) is 14.8 Å². The van der Waals surface area contributed by atoms with E-state index in [1.807, 2.05) is 13.8 Å². The fraction of sp³-hybridized carbons (Fsp3) is 0.400. The highest BCUT2D eigenvalue weighted by Gasteiger charge is 2.16. The maximum Gasteiger partial charge on any atom is 0.337 e. The molecule has 0 saturated heterocycles. The van der Waals surface area contributed by atoms with Crippen LogP contribution in [0.2, 0.25) is 0 Å². The maximum atomic E-state index is 12.1. The van der Waals surface area contributed by atoms with Gasteiger partial charge in [0.05, 0.1) is 25.3 Å². The minimum atomic E-state index is -0.607. The van der Waals surface area contributed by atoms with Crippen LogP contribution >= 0.6 is 0 Å². The number of urea groups is 1. The molecule has 120 valence electrons. The second kappa shape index (κ2) is 8.02. The van der Waals surface area contributed by atoms with Gasteiger partial charge in [-0.3, -0.25) is 0 Å². The van der Waals surface area contributed by atoms with E-state index in [4.69, 9.17) is 0 Å². The van der Waals surface area contributed by atoms with E-state index < -0.39 is 11.9 Å². The Balaban J connectivity index is 3.15. The zero-order valence-electron chi connectivity index (χ0n) is 13.1. The molecule has 1 aromatic carbocycles. The summed E-state index contributed by atoms with van der Waals surface area (Å²) in [7, 11) is 2.47. The van der Waals surface area contributed by atoms with Gasteiger partial charge in [-0.15, -0.1) is 0 Å². The molecule has 0 spiro atoms. The first kappa shape index (κ1) is 17.5. The number of nitrogens with zero attached hydrogens (tertiary/aromatic N) is 1. The highest BCUT2D eigenvalue weighted by atomic mass is 16.5. The zero-order chi connectivity index (χ0) is 16.7. The topological polar surface area (TPSA) is 84.9 Å². The summed E-state index contributed by atoms with van der Waals surface area (Å²) < 4.78 is 9.28. The molecule has 0 aliphatic rings. The average molecular weight is 308 g/mol. The molecule has 2 amide bonds. The number of benzene rings is 1. The molecule has 0 saturated carbocycles. The molecule has 0 radical (unpaired) electrons. The summed E-state index contributed by atoms with van der Waals surface area (Å²) >= 11 is 0. The van der Waals surface area contributed by atoms with Crippen LogP contribution in [0.4, 0.5) is 10.5 Å². The van der Waals surface area contributed by atoms with Gasteiger partial charge in [-0.25, -0.2) is 14.4 Å². The molecule has 0 bridgehead atoms. The van der Waals surface area contributed by atoms with E-state index in [-0.39, 0.29) is 17.2 Å². The first-order valence-corrected chi connectivity index (χ1v) is 6.84. The standard InChI is InChI=1S/C15H20N2O5/c1-5-17(6-2)15(20)16-12-8-10(13(18)21-3)7-11(9-12)14(19)22-4/h7-9H,5-6H2,1-4H3,(H,16,20). The van der Waals surface area contributed by atoms with Crippen molar-refractivity contribution in [1.82, 2.24) is 4.90 Å². The van der Waals surface area contributed by atoms with Gasteiger partial charge in [0.1, 0.15) is 0 Å². The van der Waals surface area contributed by atoms with Gasteiger partial charge < -0.3 is 19.7 Å². The Kier molecular flexibility index (Phi) is 6.37. The monoisotopic (exact) mass is 308 g/mol. The van der Waals surface area contributed by atoms with Gasteiger partial charge in [-0.1, -0.05) is 0 Å². The third-order valence-corrected chi connectivity index (χ3v) is 3.08. The average Bonchev–Trinajstić information content (AvgIpc) is 2.53. The Morgan fingerprint density at radius 3 is 1.77 bits per heavy atom. The number of ether oxygens (including phenoxy) is 2.